The third-order valence-electron chi connectivity index (χ3n) is 6.30. The van der Waals surface area contributed by atoms with Crippen molar-refractivity contribution >= 4 is 11.6 Å². The van der Waals surface area contributed by atoms with Gasteiger partial charge in [0, 0.05) is 42.2 Å². The highest BCUT2D eigenvalue weighted by Gasteiger charge is 2.26. The second-order valence-electron chi connectivity index (χ2n) is 9.33. The van der Waals surface area contributed by atoms with E-state index in [1.54, 1.807) is 37.2 Å². The molecule has 0 saturated heterocycles. The van der Waals surface area contributed by atoms with E-state index in [4.69, 9.17) is 4.74 Å². The second kappa shape index (κ2) is 9.14. The molecule has 3 aromatic heterocycles. The van der Waals surface area contributed by atoms with Crippen LogP contribution < -0.4 is 10.1 Å². The number of imidazole rings is 1. The van der Waals surface area contributed by atoms with Gasteiger partial charge in [-0.2, -0.15) is 5.10 Å². The largest absolute Gasteiger partial charge is 0.496 e. The lowest BCUT2D eigenvalue weighted by Crippen LogP contribution is -2.26. The van der Waals surface area contributed by atoms with Gasteiger partial charge in [-0.15, -0.1) is 0 Å². The lowest BCUT2D eigenvalue weighted by Gasteiger charge is -2.13. The summed E-state index contributed by atoms with van der Waals surface area (Å²) in [6.07, 6.45) is 10.2. The summed E-state index contributed by atoms with van der Waals surface area (Å²) in [6.45, 7) is 2.70. The zero-order chi connectivity index (χ0) is 24.7. The SMILES string of the molecule is COc1cc2ncc(-c3cnn(-c4cc(C(=O)NC5CC5)c(F)cc4C)c3)n2cc1CCN(C)C. The summed E-state index contributed by atoms with van der Waals surface area (Å²) in [5.41, 5.74) is 4.97. The van der Waals surface area contributed by atoms with Gasteiger partial charge in [-0.1, -0.05) is 0 Å². The van der Waals surface area contributed by atoms with Gasteiger partial charge in [0.05, 0.1) is 36.4 Å². The minimum absolute atomic E-state index is 0.0296. The van der Waals surface area contributed by atoms with Crippen LogP contribution in [0.3, 0.4) is 0 Å². The van der Waals surface area contributed by atoms with Gasteiger partial charge in [-0.25, -0.2) is 14.1 Å². The average molecular weight is 477 g/mol. The summed E-state index contributed by atoms with van der Waals surface area (Å²) in [4.78, 5) is 19.2. The van der Waals surface area contributed by atoms with Gasteiger partial charge in [-0.3, -0.25) is 9.20 Å². The van der Waals surface area contributed by atoms with Crippen LogP contribution in [0.15, 0.2) is 43.0 Å². The summed E-state index contributed by atoms with van der Waals surface area (Å²) < 4.78 is 23.9. The Labute approximate surface area is 203 Å². The van der Waals surface area contributed by atoms with Crippen LogP contribution in [0.25, 0.3) is 22.6 Å². The van der Waals surface area contributed by atoms with Crippen LogP contribution in [0.2, 0.25) is 0 Å². The second-order valence-corrected chi connectivity index (χ2v) is 9.33. The van der Waals surface area contributed by atoms with E-state index in [-0.39, 0.29) is 17.5 Å². The number of aromatic nitrogens is 4. The van der Waals surface area contributed by atoms with Crippen LogP contribution in [-0.4, -0.2) is 63.8 Å². The third kappa shape index (κ3) is 4.64. The van der Waals surface area contributed by atoms with Crippen LogP contribution in [-0.2, 0) is 6.42 Å². The van der Waals surface area contributed by atoms with Crippen LogP contribution in [0.4, 0.5) is 4.39 Å². The molecule has 1 saturated carbocycles. The Morgan fingerprint density at radius 1 is 1.23 bits per heavy atom. The maximum atomic E-state index is 14.6. The molecule has 0 aliphatic heterocycles. The molecule has 182 valence electrons. The number of nitrogens with zero attached hydrogens (tertiary/aromatic N) is 5. The van der Waals surface area contributed by atoms with Crippen molar-refractivity contribution in [2.75, 3.05) is 27.7 Å². The van der Waals surface area contributed by atoms with Gasteiger partial charge >= 0.3 is 0 Å². The van der Waals surface area contributed by atoms with Gasteiger partial charge < -0.3 is 15.0 Å². The van der Waals surface area contributed by atoms with Crippen molar-refractivity contribution in [2.24, 2.45) is 0 Å². The Kier molecular flexibility index (Phi) is 6.02. The van der Waals surface area contributed by atoms with Gasteiger partial charge in [0.25, 0.3) is 5.91 Å². The van der Waals surface area contributed by atoms with E-state index in [9.17, 15) is 9.18 Å². The number of rotatable bonds is 8. The first-order chi connectivity index (χ1) is 16.8. The number of carbonyl (C=O) groups excluding carboxylic acids is 1. The van der Waals surface area contributed by atoms with Gasteiger partial charge in [0.15, 0.2) is 0 Å². The molecule has 1 aromatic carbocycles. The first-order valence-electron chi connectivity index (χ1n) is 11.7. The number of halogens is 1. The first kappa shape index (κ1) is 23.0. The molecule has 9 heteroatoms. The molecule has 4 aromatic rings. The Bertz CT molecular complexity index is 1400. The molecule has 0 radical (unpaired) electrons. The number of nitrogens with one attached hydrogen (secondary N) is 1. The number of amides is 1. The summed E-state index contributed by atoms with van der Waals surface area (Å²) >= 11 is 0. The number of fused-ring (bicyclic) bond motifs is 1. The van der Waals surface area contributed by atoms with Crippen LogP contribution in [0, 0.1) is 12.7 Å². The van der Waals surface area contributed by atoms with Gasteiger partial charge in [-0.05, 0) is 58.0 Å². The zero-order valence-electron chi connectivity index (χ0n) is 20.4. The highest BCUT2D eigenvalue weighted by Crippen LogP contribution is 2.28. The van der Waals surface area contributed by atoms with E-state index in [1.165, 1.54) is 6.07 Å². The quantitative estimate of drug-likeness (QED) is 0.420. The molecule has 5 rings (SSSR count). The van der Waals surface area contributed by atoms with Crippen molar-refractivity contribution in [1.82, 2.24) is 29.4 Å². The zero-order valence-corrected chi connectivity index (χ0v) is 20.4. The normalized spacial score (nSPS) is 13.5. The van der Waals surface area contributed by atoms with E-state index >= 15 is 0 Å². The summed E-state index contributed by atoms with van der Waals surface area (Å²) in [5.74, 6) is -0.108. The van der Waals surface area contributed by atoms with Crippen LogP contribution in [0.1, 0.15) is 34.3 Å². The summed E-state index contributed by atoms with van der Waals surface area (Å²) in [5, 5.41) is 7.37. The molecule has 3 heterocycles. The predicted octanol–water partition coefficient (Wildman–Crippen LogP) is 3.64. The molecular weight excluding hydrogens is 447 g/mol. The summed E-state index contributed by atoms with van der Waals surface area (Å²) in [6, 6.07) is 5.04. The standard InChI is InChI=1S/C26H29FN6O2/c1-16-9-21(27)20(26(34)30-19-5-6-19)10-22(16)33-15-18(12-29-33)23-13-28-25-11-24(35-4)17(14-32(23)25)7-8-31(2)3/h9-15,19H,5-8H2,1-4H3,(H,30,34). The molecule has 1 aliphatic rings. The Hall–Kier alpha value is -3.72. The van der Waals surface area contributed by atoms with E-state index in [0.717, 1.165) is 54.0 Å². The molecule has 35 heavy (non-hydrogen) atoms. The summed E-state index contributed by atoms with van der Waals surface area (Å²) in [7, 11) is 5.75. The predicted molar refractivity (Wildman–Crippen MR) is 132 cm³/mol. The Morgan fingerprint density at radius 2 is 2.03 bits per heavy atom. The van der Waals surface area contributed by atoms with Crippen molar-refractivity contribution in [2.45, 2.75) is 32.2 Å². The number of hydrogen-bond donors (Lipinski definition) is 1. The average Bonchev–Trinajstić information content (AvgIpc) is 3.34. The van der Waals surface area contributed by atoms with Crippen molar-refractivity contribution in [3.63, 3.8) is 0 Å². The van der Waals surface area contributed by atoms with E-state index < -0.39 is 5.82 Å². The number of ether oxygens (including phenoxy) is 1. The number of carbonyl (C=O) groups is 1. The Balaban J connectivity index is 1.50. The molecule has 1 aliphatic carbocycles. The number of methoxy groups -OCH3 is 1. The molecule has 1 amide bonds. The van der Waals surface area contributed by atoms with E-state index in [1.807, 2.05) is 30.8 Å². The number of benzene rings is 1. The molecule has 1 fully saturated rings. The fraction of sp³-hybridized carbons (Fsp3) is 0.346. The fourth-order valence-electron chi connectivity index (χ4n) is 4.14. The smallest absolute Gasteiger partial charge is 0.254 e. The lowest BCUT2D eigenvalue weighted by atomic mass is 10.1. The van der Waals surface area contributed by atoms with E-state index in [2.05, 4.69) is 26.5 Å². The molecule has 0 atom stereocenters. The van der Waals surface area contributed by atoms with Gasteiger partial charge in [0.2, 0.25) is 0 Å². The highest BCUT2D eigenvalue weighted by molar-refractivity contribution is 5.95. The molecule has 0 spiro atoms. The van der Waals surface area contributed by atoms with E-state index in [0.29, 0.717) is 11.3 Å². The maximum absolute atomic E-state index is 14.6. The molecule has 0 unspecified atom stereocenters. The molecule has 8 nitrogen and oxygen atoms in total. The minimum atomic E-state index is -0.530. The number of likely N-dealkylation sites (N-methyl/N-ethyl adjacent to an activating group) is 1. The lowest BCUT2D eigenvalue weighted by molar-refractivity contribution is 0.0947. The minimum Gasteiger partial charge on any atom is -0.496 e. The first-order valence-corrected chi connectivity index (χ1v) is 11.7. The maximum Gasteiger partial charge on any atom is 0.254 e. The van der Waals surface area contributed by atoms with Crippen LogP contribution in [0.5, 0.6) is 5.75 Å². The third-order valence-corrected chi connectivity index (χ3v) is 6.30. The highest BCUT2D eigenvalue weighted by atomic mass is 19.1. The van der Waals surface area contributed by atoms with Crippen LogP contribution >= 0.6 is 0 Å². The molecular formula is C26H29FN6O2. The number of pyridine rings is 1. The van der Waals surface area contributed by atoms with Crippen molar-refractivity contribution < 1.29 is 13.9 Å². The topological polar surface area (TPSA) is 76.7 Å². The van der Waals surface area contributed by atoms with Gasteiger partial charge in [0.1, 0.15) is 17.2 Å². The van der Waals surface area contributed by atoms with Crippen molar-refractivity contribution in [3.05, 3.63) is 65.5 Å². The van der Waals surface area contributed by atoms with Crippen molar-refractivity contribution in [3.8, 4) is 22.7 Å². The number of aryl methyl sites for hydroxylation is 1. The molecule has 0 bridgehead atoms. The van der Waals surface area contributed by atoms with Crippen molar-refractivity contribution in [1.29, 1.82) is 0 Å². The fourth-order valence-corrected chi connectivity index (χ4v) is 4.14. The number of hydrogen-bond acceptors (Lipinski definition) is 5. The Morgan fingerprint density at radius 3 is 2.74 bits per heavy atom. The molecule has 1 N–H and O–H groups in total. The monoisotopic (exact) mass is 476 g/mol.